The van der Waals surface area contributed by atoms with Crippen LogP contribution in [0, 0.1) is 0 Å². The molecule has 0 aliphatic carbocycles. The van der Waals surface area contributed by atoms with E-state index in [0.29, 0.717) is 6.04 Å². The molecule has 0 spiro atoms. The van der Waals surface area contributed by atoms with Crippen LogP contribution in [-0.2, 0) is 0 Å². The van der Waals surface area contributed by atoms with Gasteiger partial charge >= 0.3 is 0 Å². The predicted octanol–water partition coefficient (Wildman–Crippen LogP) is 4.55. The smallest absolute Gasteiger partial charge is 0.0327 e. The number of nitrogens with one attached hydrogen (secondary N) is 1. The molecule has 24 heavy (non-hydrogen) atoms. The van der Waals surface area contributed by atoms with Gasteiger partial charge in [0.05, 0.1) is 0 Å². The summed E-state index contributed by atoms with van der Waals surface area (Å²) in [6.45, 7) is 6.80. The topological polar surface area (TPSA) is 15.3 Å². The fraction of sp³-hybridized carbons (Fsp3) is 0.273. The lowest BCUT2D eigenvalue weighted by Gasteiger charge is -2.33. The molecular weight excluding hydrogens is 292 g/mol. The zero-order chi connectivity index (χ0) is 16.1. The quantitative estimate of drug-likeness (QED) is 0.546. The van der Waals surface area contributed by atoms with E-state index in [4.69, 9.17) is 0 Å². The van der Waals surface area contributed by atoms with Crippen LogP contribution in [0.1, 0.15) is 18.5 Å². The Balaban J connectivity index is 1.77. The molecule has 0 aromatic heterocycles. The van der Waals surface area contributed by atoms with Crippen molar-refractivity contribution in [2.75, 3.05) is 26.2 Å². The van der Waals surface area contributed by atoms with Crippen molar-refractivity contribution in [2.24, 2.45) is 0 Å². The van der Waals surface area contributed by atoms with Crippen LogP contribution in [0.3, 0.4) is 0 Å². The molecule has 0 unspecified atom stereocenters. The van der Waals surface area contributed by atoms with Crippen molar-refractivity contribution < 1.29 is 0 Å². The average Bonchev–Trinajstić information content (AvgIpc) is 2.66. The number of hydrogen-bond acceptors (Lipinski definition) is 2. The zero-order valence-electron chi connectivity index (χ0n) is 14.0. The minimum absolute atomic E-state index is 0.455. The molecule has 1 aliphatic heterocycles. The Morgan fingerprint density at radius 3 is 2.17 bits per heavy atom. The zero-order valence-corrected chi connectivity index (χ0v) is 14.0. The minimum Gasteiger partial charge on any atom is -0.314 e. The number of piperazine rings is 1. The maximum atomic E-state index is 3.46. The lowest BCUT2D eigenvalue weighted by molar-refractivity contribution is 0.186. The first kappa shape index (κ1) is 14.2. The van der Waals surface area contributed by atoms with E-state index in [1.165, 1.54) is 37.9 Å². The molecule has 1 fully saturated rings. The molecule has 1 aliphatic rings. The average molecular weight is 314 g/mol. The summed E-state index contributed by atoms with van der Waals surface area (Å²) in [5, 5.41) is 11.8. The summed E-state index contributed by atoms with van der Waals surface area (Å²) in [5.41, 5.74) is 1.46. The van der Waals surface area contributed by atoms with E-state index in [0.717, 1.165) is 26.2 Å². The highest BCUT2D eigenvalue weighted by Crippen LogP contribution is 2.38. The van der Waals surface area contributed by atoms with Crippen LogP contribution in [0.4, 0.5) is 0 Å². The van der Waals surface area contributed by atoms with E-state index in [-0.39, 0.29) is 0 Å². The highest BCUT2D eigenvalue weighted by atomic mass is 15.2. The Labute approximate surface area is 142 Å². The van der Waals surface area contributed by atoms with Gasteiger partial charge in [-0.2, -0.15) is 0 Å². The second-order valence-electron chi connectivity index (χ2n) is 6.97. The van der Waals surface area contributed by atoms with Gasteiger partial charge in [-0.1, -0.05) is 54.6 Å². The molecular formula is C22H22N2. The molecule has 1 atom stereocenters. The maximum Gasteiger partial charge on any atom is 0.0327 e. The lowest BCUT2D eigenvalue weighted by Crippen LogP contribution is -2.44. The van der Waals surface area contributed by atoms with E-state index < -0.39 is 0 Å². The first-order valence-corrected chi connectivity index (χ1v) is 8.94. The molecule has 2 nitrogen and oxygen atoms in total. The summed E-state index contributed by atoms with van der Waals surface area (Å²) in [7, 11) is 0. The third kappa shape index (κ3) is 2.03. The first-order valence-electron chi connectivity index (χ1n) is 8.94. The van der Waals surface area contributed by atoms with E-state index in [1.807, 2.05) is 0 Å². The van der Waals surface area contributed by atoms with E-state index in [2.05, 4.69) is 71.7 Å². The Bertz CT molecular complexity index is 999. The first-order chi connectivity index (χ1) is 11.8. The molecule has 0 amide bonds. The summed E-state index contributed by atoms with van der Waals surface area (Å²) in [6, 6.07) is 20.9. The fourth-order valence-electron chi connectivity index (χ4n) is 4.39. The van der Waals surface area contributed by atoms with Crippen molar-refractivity contribution in [3.8, 4) is 0 Å². The van der Waals surface area contributed by atoms with Gasteiger partial charge in [-0.25, -0.2) is 0 Å². The molecule has 4 aromatic rings. The van der Waals surface area contributed by atoms with E-state index in [9.17, 15) is 0 Å². The Morgan fingerprint density at radius 1 is 0.792 bits per heavy atom. The maximum absolute atomic E-state index is 3.46. The predicted molar refractivity (Wildman–Crippen MR) is 103 cm³/mol. The van der Waals surface area contributed by atoms with Gasteiger partial charge in [0.25, 0.3) is 0 Å². The molecule has 120 valence electrons. The molecule has 2 heteroatoms. The molecule has 0 bridgehead atoms. The molecule has 1 saturated heterocycles. The molecule has 1 heterocycles. The summed E-state index contributed by atoms with van der Waals surface area (Å²) < 4.78 is 0. The van der Waals surface area contributed by atoms with Gasteiger partial charge in [0, 0.05) is 32.2 Å². The standard InChI is InChI=1S/C22H22N2/c1-15(24-13-11-23-12-14-24)19-9-7-18-6-5-16-3-2-4-17-8-10-20(19)22(18)21(16)17/h2-10,15,23H,11-14H2,1H3/t15-/m1/s1. The van der Waals surface area contributed by atoms with Crippen LogP contribution in [-0.4, -0.2) is 31.1 Å². The van der Waals surface area contributed by atoms with Crippen molar-refractivity contribution in [2.45, 2.75) is 13.0 Å². The number of hydrogen-bond donors (Lipinski definition) is 1. The van der Waals surface area contributed by atoms with Crippen LogP contribution in [0.25, 0.3) is 32.3 Å². The van der Waals surface area contributed by atoms with Gasteiger partial charge in [0.1, 0.15) is 0 Å². The van der Waals surface area contributed by atoms with Crippen molar-refractivity contribution in [1.29, 1.82) is 0 Å². The Hall–Kier alpha value is -2.16. The lowest BCUT2D eigenvalue weighted by atomic mass is 9.90. The SMILES string of the molecule is C[C@H](c1ccc2ccc3cccc4ccc1c2c34)N1CCNCC1. The molecule has 4 aromatic carbocycles. The number of benzene rings is 4. The number of rotatable bonds is 2. The van der Waals surface area contributed by atoms with Gasteiger partial charge in [0.15, 0.2) is 0 Å². The van der Waals surface area contributed by atoms with E-state index in [1.54, 1.807) is 0 Å². The van der Waals surface area contributed by atoms with E-state index >= 15 is 0 Å². The highest BCUT2D eigenvalue weighted by Gasteiger charge is 2.20. The third-order valence-electron chi connectivity index (χ3n) is 5.71. The largest absolute Gasteiger partial charge is 0.314 e. The van der Waals surface area contributed by atoms with Crippen LogP contribution in [0.5, 0.6) is 0 Å². The van der Waals surface area contributed by atoms with Crippen molar-refractivity contribution in [1.82, 2.24) is 10.2 Å². The van der Waals surface area contributed by atoms with Gasteiger partial charge < -0.3 is 5.32 Å². The van der Waals surface area contributed by atoms with Gasteiger partial charge in [0.2, 0.25) is 0 Å². The van der Waals surface area contributed by atoms with Gasteiger partial charge in [-0.15, -0.1) is 0 Å². The number of nitrogens with zero attached hydrogens (tertiary/aromatic N) is 1. The minimum atomic E-state index is 0.455. The van der Waals surface area contributed by atoms with Crippen LogP contribution in [0.15, 0.2) is 54.6 Å². The third-order valence-corrected chi connectivity index (χ3v) is 5.71. The van der Waals surface area contributed by atoms with Crippen LogP contribution < -0.4 is 5.32 Å². The monoisotopic (exact) mass is 314 g/mol. The van der Waals surface area contributed by atoms with Crippen molar-refractivity contribution in [3.63, 3.8) is 0 Å². The second-order valence-corrected chi connectivity index (χ2v) is 6.97. The summed E-state index contributed by atoms with van der Waals surface area (Å²) in [6.07, 6.45) is 0. The molecule has 5 rings (SSSR count). The van der Waals surface area contributed by atoms with Crippen LogP contribution in [0.2, 0.25) is 0 Å². The van der Waals surface area contributed by atoms with Crippen molar-refractivity contribution >= 4 is 32.3 Å². The summed E-state index contributed by atoms with van der Waals surface area (Å²) >= 11 is 0. The fourth-order valence-corrected chi connectivity index (χ4v) is 4.39. The second kappa shape index (κ2) is 5.44. The Morgan fingerprint density at radius 2 is 1.42 bits per heavy atom. The molecule has 1 N–H and O–H groups in total. The van der Waals surface area contributed by atoms with Gasteiger partial charge in [-0.3, -0.25) is 4.90 Å². The summed E-state index contributed by atoms with van der Waals surface area (Å²) in [5.74, 6) is 0. The highest BCUT2D eigenvalue weighted by molar-refractivity contribution is 6.23. The molecule has 0 saturated carbocycles. The normalized spacial score (nSPS) is 17.9. The Kier molecular flexibility index (Phi) is 3.22. The summed E-state index contributed by atoms with van der Waals surface area (Å²) in [4.78, 5) is 2.60. The van der Waals surface area contributed by atoms with Gasteiger partial charge in [-0.05, 0) is 44.8 Å². The van der Waals surface area contributed by atoms with Crippen molar-refractivity contribution in [3.05, 3.63) is 60.2 Å². The molecule has 0 radical (unpaired) electrons. The van der Waals surface area contributed by atoms with Crippen LogP contribution >= 0.6 is 0 Å².